The van der Waals surface area contributed by atoms with E-state index in [0.29, 0.717) is 10.9 Å². The van der Waals surface area contributed by atoms with E-state index in [1.54, 1.807) is 0 Å². The summed E-state index contributed by atoms with van der Waals surface area (Å²) in [6.45, 7) is 1.91. The monoisotopic (exact) mass is 238 g/mol. The second-order valence-electron chi connectivity index (χ2n) is 4.96. The van der Waals surface area contributed by atoms with Gasteiger partial charge in [0.25, 0.3) is 0 Å². The predicted octanol–water partition coefficient (Wildman–Crippen LogP) is 4.13. The van der Waals surface area contributed by atoms with Crippen LogP contribution in [0.5, 0.6) is 0 Å². The minimum Gasteiger partial charge on any atom is -0.385 e. The van der Waals surface area contributed by atoms with Crippen molar-refractivity contribution < 1.29 is 5.11 Å². The molecule has 1 aromatic carbocycles. The Morgan fingerprint density at radius 1 is 1.19 bits per heavy atom. The highest BCUT2D eigenvalue weighted by Crippen LogP contribution is 2.41. The quantitative estimate of drug-likeness (QED) is 0.822. The lowest BCUT2D eigenvalue weighted by molar-refractivity contribution is -0.0214. The Hall–Kier alpha value is -0.530. The van der Waals surface area contributed by atoms with E-state index in [0.717, 1.165) is 18.4 Å². The highest BCUT2D eigenvalue weighted by atomic mass is 35.5. The molecule has 2 rings (SSSR count). The van der Waals surface area contributed by atoms with E-state index in [4.69, 9.17) is 11.6 Å². The number of halogens is 1. The first-order valence-electron chi connectivity index (χ1n) is 6.10. The van der Waals surface area contributed by atoms with Gasteiger partial charge in [-0.15, -0.1) is 0 Å². The average Bonchev–Trinajstić information content (AvgIpc) is 2.30. The molecule has 0 radical (unpaired) electrons. The molecule has 0 bridgehead atoms. The van der Waals surface area contributed by atoms with Crippen molar-refractivity contribution in [3.8, 4) is 0 Å². The van der Waals surface area contributed by atoms with E-state index in [2.05, 4.69) is 0 Å². The molecule has 1 nitrogen and oxygen atoms in total. The highest BCUT2D eigenvalue weighted by Gasteiger charge is 2.35. The van der Waals surface area contributed by atoms with Crippen LogP contribution in [-0.4, -0.2) is 5.11 Å². The molecule has 2 heteroatoms. The van der Waals surface area contributed by atoms with Gasteiger partial charge >= 0.3 is 0 Å². The molecule has 0 amide bonds. The largest absolute Gasteiger partial charge is 0.385 e. The van der Waals surface area contributed by atoms with Gasteiger partial charge < -0.3 is 5.11 Å². The molecule has 1 fully saturated rings. The number of hydrogen-bond donors (Lipinski definition) is 1. The third-order valence-electron chi connectivity index (χ3n) is 3.82. The Bertz CT molecular complexity index is 354. The maximum atomic E-state index is 10.7. The standard InChI is InChI=1S/C14H19ClO/c1-14(16,11-7-3-2-4-8-11)12-9-5-6-10-13(12)15/h5-6,9-11,16H,2-4,7-8H2,1H3. The zero-order chi connectivity index (χ0) is 11.6. The van der Waals surface area contributed by atoms with Crippen LogP contribution in [0.25, 0.3) is 0 Å². The van der Waals surface area contributed by atoms with Crippen molar-refractivity contribution in [2.45, 2.75) is 44.6 Å². The molecule has 0 heterocycles. The first kappa shape index (κ1) is 11.9. The van der Waals surface area contributed by atoms with Crippen molar-refractivity contribution in [1.82, 2.24) is 0 Å². The molecular formula is C14H19ClO. The van der Waals surface area contributed by atoms with Gasteiger partial charge in [-0.2, -0.15) is 0 Å². The van der Waals surface area contributed by atoms with Crippen LogP contribution in [0.3, 0.4) is 0 Å². The summed E-state index contributed by atoms with van der Waals surface area (Å²) < 4.78 is 0. The fraction of sp³-hybridized carbons (Fsp3) is 0.571. The van der Waals surface area contributed by atoms with Gasteiger partial charge in [0.1, 0.15) is 0 Å². The van der Waals surface area contributed by atoms with Crippen molar-refractivity contribution >= 4 is 11.6 Å². The number of rotatable bonds is 2. The summed E-state index contributed by atoms with van der Waals surface area (Å²) in [4.78, 5) is 0. The summed E-state index contributed by atoms with van der Waals surface area (Å²) in [5.41, 5.74) is 0.0993. The molecule has 0 saturated heterocycles. The van der Waals surface area contributed by atoms with Gasteiger partial charge in [-0.25, -0.2) is 0 Å². The van der Waals surface area contributed by atoms with E-state index in [1.165, 1.54) is 19.3 Å². The van der Waals surface area contributed by atoms with Crippen LogP contribution < -0.4 is 0 Å². The predicted molar refractivity (Wildman–Crippen MR) is 67.6 cm³/mol. The van der Waals surface area contributed by atoms with Crippen LogP contribution >= 0.6 is 11.6 Å². The lowest BCUT2D eigenvalue weighted by atomic mass is 9.74. The lowest BCUT2D eigenvalue weighted by Crippen LogP contribution is -2.33. The first-order valence-corrected chi connectivity index (χ1v) is 6.47. The van der Waals surface area contributed by atoms with E-state index < -0.39 is 5.60 Å². The molecule has 16 heavy (non-hydrogen) atoms. The minimum absolute atomic E-state index is 0.348. The Morgan fingerprint density at radius 2 is 1.81 bits per heavy atom. The van der Waals surface area contributed by atoms with Crippen molar-refractivity contribution in [3.63, 3.8) is 0 Å². The third-order valence-corrected chi connectivity index (χ3v) is 4.15. The van der Waals surface area contributed by atoms with E-state index in [-0.39, 0.29) is 0 Å². The fourth-order valence-electron chi connectivity index (χ4n) is 2.76. The van der Waals surface area contributed by atoms with Crippen LogP contribution in [0, 0.1) is 5.92 Å². The van der Waals surface area contributed by atoms with Gasteiger partial charge in [0, 0.05) is 10.6 Å². The Kier molecular flexibility index (Phi) is 3.56. The summed E-state index contributed by atoms with van der Waals surface area (Å²) in [6, 6.07) is 7.65. The van der Waals surface area contributed by atoms with Gasteiger partial charge in [-0.1, -0.05) is 49.1 Å². The number of hydrogen-bond acceptors (Lipinski definition) is 1. The zero-order valence-corrected chi connectivity index (χ0v) is 10.5. The maximum absolute atomic E-state index is 10.7. The summed E-state index contributed by atoms with van der Waals surface area (Å²) in [6.07, 6.45) is 5.97. The Balaban J connectivity index is 2.26. The second kappa shape index (κ2) is 4.77. The van der Waals surface area contributed by atoms with Crippen LogP contribution in [0.15, 0.2) is 24.3 Å². The molecule has 1 saturated carbocycles. The van der Waals surface area contributed by atoms with Crippen LogP contribution in [0.1, 0.15) is 44.6 Å². The molecule has 1 aliphatic rings. The summed E-state index contributed by atoms with van der Waals surface area (Å²) in [5, 5.41) is 11.4. The zero-order valence-electron chi connectivity index (χ0n) is 9.75. The molecule has 0 spiro atoms. The summed E-state index contributed by atoms with van der Waals surface area (Å²) >= 11 is 6.17. The van der Waals surface area contributed by atoms with Crippen LogP contribution in [-0.2, 0) is 5.60 Å². The van der Waals surface area contributed by atoms with Gasteiger partial charge in [0.05, 0.1) is 5.60 Å². The minimum atomic E-state index is -0.779. The lowest BCUT2D eigenvalue weighted by Gasteiger charge is -2.36. The molecule has 1 aromatic rings. The van der Waals surface area contributed by atoms with Crippen molar-refractivity contribution in [1.29, 1.82) is 0 Å². The molecule has 1 atom stereocenters. The van der Waals surface area contributed by atoms with E-state index >= 15 is 0 Å². The van der Waals surface area contributed by atoms with E-state index in [1.807, 2.05) is 31.2 Å². The van der Waals surface area contributed by atoms with Gasteiger partial charge in [-0.3, -0.25) is 0 Å². The SMILES string of the molecule is CC(O)(c1ccccc1Cl)C1CCCCC1. The Morgan fingerprint density at radius 3 is 2.44 bits per heavy atom. The molecule has 1 unspecified atom stereocenters. The van der Waals surface area contributed by atoms with Crippen molar-refractivity contribution in [2.24, 2.45) is 5.92 Å². The molecular weight excluding hydrogens is 220 g/mol. The topological polar surface area (TPSA) is 20.2 Å². The average molecular weight is 239 g/mol. The first-order chi connectivity index (χ1) is 7.62. The second-order valence-corrected chi connectivity index (χ2v) is 5.37. The van der Waals surface area contributed by atoms with Gasteiger partial charge in [0.2, 0.25) is 0 Å². The van der Waals surface area contributed by atoms with E-state index in [9.17, 15) is 5.11 Å². The molecule has 1 aliphatic carbocycles. The number of aliphatic hydroxyl groups is 1. The van der Waals surface area contributed by atoms with Crippen LogP contribution in [0.4, 0.5) is 0 Å². The normalized spacial score (nSPS) is 21.7. The molecule has 88 valence electrons. The summed E-state index contributed by atoms with van der Waals surface area (Å²) in [5.74, 6) is 0.348. The highest BCUT2D eigenvalue weighted by molar-refractivity contribution is 6.31. The molecule has 0 aliphatic heterocycles. The number of benzene rings is 1. The maximum Gasteiger partial charge on any atom is 0.0910 e. The smallest absolute Gasteiger partial charge is 0.0910 e. The molecule has 0 aromatic heterocycles. The van der Waals surface area contributed by atoms with Crippen LogP contribution in [0.2, 0.25) is 5.02 Å². The van der Waals surface area contributed by atoms with Crippen molar-refractivity contribution in [3.05, 3.63) is 34.9 Å². The fourth-order valence-corrected chi connectivity index (χ4v) is 3.08. The van der Waals surface area contributed by atoms with Gasteiger partial charge in [-0.05, 0) is 31.7 Å². The van der Waals surface area contributed by atoms with Gasteiger partial charge in [0.15, 0.2) is 0 Å². The Labute approximate surface area is 102 Å². The van der Waals surface area contributed by atoms with Crippen molar-refractivity contribution in [2.75, 3.05) is 0 Å². The summed E-state index contributed by atoms with van der Waals surface area (Å²) in [7, 11) is 0. The third kappa shape index (κ3) is 2.26. The molecule has 1 N–H and O–H groups in total.